The van der Waals surface area contributed by atoms with E-state index in [1.807, 2.05) is 34.6 Å². The Bertz CT molecular complexity index is 1280. The van der Waals surface area contributed by atoms with Crippen molar-refractivity contribution < 1.29 is 4.79 Å². The van der Waals surface area contributed by atoms with Gasteiger partial charge < -0.3 is 26.3 Å². The molecule has 0 saturated carbocycles. The lowest BCUT2D eigenvalue weighted by Gasteiger charge is -2.41. The van der Waals surface area contributed by atoms with Crippen LogP contribution in [-0.2, 0) is 6.54 Å². The van der Waals surface area contributed by atoms with Gasteiger partial charge in [-0.3, -0.25) is 9.59 Å². The van der Waals surface area contributed by atoms with E-state index in [1.165, 1.54) is 0 Å². The smallest absolute Gasteiger partial charge is 0.253 e. The summed E-state index contributed by atoms with van der Waals surface area (Å²) in [5.74, 6) is 0.145. The van der Waals surface area contributed by atoms with Crippen LogP contribution < -0.4 is 21.5 Å². The molecule has 0 radical (unpaired) electrons. The molecule has 3 heterocycles. The second-order valence-electron chi connectivity index (χ2n) is 11.3. The number of rotatable bonds is 7. The van der Waals surface area contributed by atoms with Crippen LogP contribution in [-0.4, -0.2) is 39.2 Å². The van der Waals surface area contributed by atoms with Crippen LogP contribution in [0, 0.1) is 26.2 Å². The van der Waals surface area contributed by atoms with Crippen molar-refractivity contribution in [3.05, 3.63) is 61.7 Å². The van der Waals surface area contributed by atoms with Gasteiger partial charge >= 0.3 is 0 Å². The van der Waals surface area contributed by atoms with E-state index in [0.29, 0.717) is 28.2 Å². The highest BCUT2D eigenvalue weighted by molar-refractivity contribution is 6.05. The number of hydrogen-bond donors (Lipinski definition) is 5. The summed E-state index contributed by atoms with van der Waals surface area (Å²) < 4.78 is 0. The van der Waals surface area contributed by atoms with Crippen LogP contribution in [0.2, 0.25) is 0 Å². The van der Waals surface area contributed by atoms with Crippen LogP contribution in [0.3, 0.4) is 0 Å². The molecule has 3 rings (SSSR count). The molecule has 0 atom stereocenters. The summed E-state index contributed by atoms with van der Waals surface area (Å²) in [5, 5.41) is 17.9. The average molecular weight is 493 g/mol. The lowest BCUT2D eigenvalue weighted by atomic mass is 9.82. The van der Waals surface area contributed by atoms with E-state index >= 15 is 0 Å². The lowest BCUT2D eigenvalue weighted by molar-refractivity contribution is 0.0950. The van der Waals surface area contributed by atoms with Crippen LogP contribution >= 0.6 is 0 Å². The Hall–Kier alpha value is -3.26. The molecule has 0 fully saturated rings. The van der Waals surface area contributed by atoms with Crippen LogP contribution in [0.1, 0.15) is 92.0 Å². The number of aromatic nitrogens is 2. The highest BCUT2D eigenvalue weighted by Crippen LogP contribution is 2.34. The molecule has 8 heteroatoms. The second-order valence-corrected chi connectivity index (χ2v) is 11.3. The maximum Gasteiger partial charge on any atom is 0.253 e. The van der Waals surface area contributed by atoms with Crippen LogP contribution in [0.5, 0.6) is 0 Å². The molecule has 194 valence electrons. The first-order valence-corrected chi connectivity index (χ1v) is 12.4. The van der Waals surface area contributed by atoms with Crippen molar-refractivity contribution in [3.8, 4) is 0 Å². The fraction of sp³-hybridized carbons (Fsp3) is 0.500. The number of pyridine rings is 2. The average Bonchev–Trinajstić information content (AvgIpc) is 2.74. The molecule has 1 amide bonds. The molecule has 0 unspecified atom stereocenters. The van der Waals surface area contributed by atoms with Gasteiger partial charge in [0.2, 0.25) is 0 Å². The zero-order chi connectivity index (χ0) is 27.0. The molecule has 5 N–H and O–H groups in total. The van der Waals surface area contributed by atoms with Crippen molar-refractivity contribution in [1.82, 2.24) is 20.6 Å². The number of aryl methyl sites for hydroxylation is 1. The van der Waals surface area contributed by atoms with Gasteiger partial charge in [-0.1, -0.05) is 6.08 Å². The summed E-state index contributed by atoms with van der Waals surface area (Å²) in [6, 6.07) is 1.83. The number of carbonyl (C=O) groups excluding carboxylic acids is 1. The lowest BCUT2D eigenvalue weighted by Crippen LogP contribution is -2.53. The van der Waals surface area contributed by atoms with Gasteiger partial charge in [-0.2, -0.15) is 0 Å². The number of H-pyrrole nitrogens is 1. The minimum Gasteiger partial charge on any atom is -0.367 e. The van der Waals surface area contributed by atoms with Crippen molar-refractivity contribution in [1.29, 1.82) is 5.41 Å². The van der Waals surface area contributed by atoms with Crippen LogP contribution in [0.25, 0.3) is 5.57 Å². The van der Waals surface area contributed by atoms with Crippen molar-refractivity contribution in [3.63, 3.8) is 0 Å². The number of anilines is 1. The first-order valence-electron chi connectivity index (χ1n) is 12.4. The molecule has 8 nitrogen and oxygen atoms in total. The minimum atomic E-state index is -0.353. The number of nitrogens with one attached hydrogen (secondary N) is 5. The normalized spacial score (nSPS) is 16.4. The van der Waals surface area contributed by atoms with Crippen molar-refractivity contribution in [2.75, 3.05) is 5.32 Å². The Morgan fingerprint density at radius 3 is 2.44 bits per heavy atom. The highest BCUT2D eigenvalue weighted by Gasteiger charge is 2.33. The minimum absolute atomic E-state index is 0.0639. The molecular formula is C28H40N6O2. The quantitative estimate of drug-likeness (QED) is 0.367. The number of nitrogens with zero attached hydrogens (tertiary/aromatic N) is 1. The maximum atomic E-state index is 13.5. The third-order valence-electron chi connectivity index (χ3n) is 6.61. The summed E-state index contributed by atoms with van der Waals surface area (Å²) >= 11 is 0. The molecule has 2 aromatic rings. The Labute approximate surface area is 213 Å². The topological polar surface area (TPSA) is 123 Å². The third-order valence-corrected chi connectivity index (χ3v) is 6.61. The SMILES string of the molecule is Cc1[nH]c(=O)c(CNC(=O)c2cc(C3=CC(C)(C)NC(C)(C)C3)nc(NC(C)C)c2C=N)c(C)c1C. The highest BCUT2D eigenvalue weighted by atomic mass is 16.1. The molecule has 0 aliphatic carbocycles. The molecule has 0 bridgehead atoms. The molecule has 2 aromatic heterocycles. The fourth-order valence-electron chi connectivity index (χ4n) is 5.01. The Balaban J connectivity index is 2.07. The first kappa shape index (κ1) is 27.3. The van der Waals surface area contributed by atoms with Gasteiger partial charge in [-0.15, -0.1) is 0 Å². The van der Waals surface area contributed by atoms with Gasteiger partial charge in [-0.25, -0.2) is 4.98 Å². The monoisotopic (exact) mass is 492 g/mol. The van der Waals surface area contributed by atoms with Gasteiger partial charge in [0.15, 0.2) is 0 Å². The van der Waals surface area contributed by atoms with E-state index in [0.717, 1.165) is 35.0 Å². The van der Waals surface area contributed by atoms with Gasteiger partial charge in [0.1, 0.15) is 5.82 Å². The number of amides is 1. The maximum absolute atomic E-state index is 13.5. The zero-order valence-corrected chi connectivity index (χ0v) is 23.0. The van der Waals surface area contributed by atoms with E-state index in [1.54, 1.807) is 6.07 Å². The van der Waals surface area contributed by atoms with Crippen molar-refractivity contribution >= 4 is 23.5 Å². The van der Waals surface area contributed by atoms with Crippen molar-refractivity contribution in [2.45, 2.75) is 92.4 Å². The van der Waals surface area contributed by atoms with Crippen LogP contribution in [0.4, 0.5) is 5.82 Å². The van der Waals surface area contributed by atoms with Gasteiger partial charge in [0.05, 0.1) is 11.3 Å². The first-order chi connectivity index (χ1) is 16.6. The van der Waals surface area contributed by atoms with E-state index in [4.69, 9.17) is 10.4 Å². The van der Waals surface area contributed by atoms with E-state index < -0.39 is 0 Å². The summed E-state index contributed by atoms with van der Waals surface area (Å²) in [6.45, 7) is 18.3. The van der Waals surface area contributed by atoms with Gasteiger partial charge in [0, 0.05) is 46.7 Å². The summed E-state index contributed by atoms with van der Waals surface area (Å²) in [6.07, 6.45) is 4.06. The Morgan fingerprint density at radius 1 is 1.19 bits per heavy atom. The molecular weight excluding hydrogens is 452 g/mol. The van der Waals surface area contributed by atoms with E-state index in [2.05, 4.69) is 54.7 Å². The molecule has 0 spiro atoms. The number of hydrogen-bond acceptors (Lipinski definition) is 6. The fourth-order valence-corrected chi connectivity index (χ4v) is 5.01. The molecule has 1 aliphatic rings. The largest absolute Gasteiger partial charge is 0.367 e. The summed E-state index contributed by atoms with van der Waals surface area (Å²) in [7, 11) is 0. The van der Waals surface area contributed by atoms with Gasteiger partial charge in [-0.05, 0) is 91.5 Å². The number of aromatic amines is 1. The number of carbonyl (C=O) groups is 1. The molecule has 0 saturated heterocycles. The summed E-state index contributed by atoms with van der Waals surface area (Å²) in [5.41, 5.74) is 5.15. The predicted octanol–water partition coefficient (Wildman–Crippen LogP) is 4.38. The zero-order valence-electron chi connectivity index (χ0n) is 23.0. The van der Waals surface area contributed by atoms with Crippen LogP contribution in [0.15, 0.2) is 16.9 Å². The molecule has 36 heavy (non-hydrogen) atoms. The third kappa shape index (κ3) is 5.93. The Kier molecular flexibility index (Phi) is 7.60. The molecule has 0 aromatic carbocycles. The van der Waals surface area contributed by atoms with E-state index in [9.17, 15) is 9.59 Å². The van der Waals surface area contributed by atoms with Crippen molar-refractivity contribution in [2.24, 2.45) is 0 Å². The Morgan fingerprint density at radius 2 is 1.86 bits per heavy atom. The predicted molar refractivity (Wildman–Crippen MR) is 147 cm³/mol. The second kappa shape index (κ2) is 10.0. The standard InChI is InChI=1S/C28H40N6O2/c1-15(2)31-24-21(13-29)20(10-23(33-24)19-11-27(6,7)34-28(8,9)12-19)25(35)30-14-22-17(4)16(3)18(5)32-26(22)36/h10-11,13,15,29,34H,12,14H2,1-9H3,(H,30,35)(H,31,33)(H,32,36). The van der Waals surface area contributed by atoms with E-state index in [-0.39, 0.29) is 35.1 Å². The molecule has 1 aliphatic heterocycles. The summed E-state index contributed by atoms with van der Waals surface area (Å²) in [4.78, 5) is 33.8. The van der Waals surface area contributed by atoms with Gasteiger partial charge in [0.25, 0.3) is 11.5 Å².